The molecule has 0 atom stereocenters. The van der Waals surface area contributed by atoms with Crippen molar-refractivity contribution >= 4 is 37.3 Å². The summed E-state index contributed by atoms with van der Waals surface area (Å²) in [4.78, 5) is 9.11. The van der Waals surface area contributed by atoms with Crippen molar-refractivity contribution < 1.29 is 8.42 Å². The van der Waals surface area contributed by atoms with Crippen LogP contribution in [0.1, 0.15) is 9.88 Å². The van der Waals surface area contributed by atoms with E-state index in [4.69, 9.17) is 0 Å². The lowest BCUT2D eigenvalue weighted by Gasteiger charge is -2.04. The predicted molar refractivity (Wildman–Crippen MR) is 72.8 cm³/mol. The van der Waals surface area contributed by atoms with Crippen LogP contribution in [0.15, 0.2) is 34.0 Å². The number of sulfonamides is 1. The predicted octanol–water partition coefficient (Wildman–Crippen LogP) is 2.09. The van der Waals surface area contributed by atoms with E-state index in [9.17, 15) is 8.42 Å². The number of rotatable bonds is 4. The number of hydrogen-bond donors (Lipinski definition) is 1. The zero-order valence-electron chi connectivity index (χ0n) is 9.42. The largest absolute Gasteiger partial charge is 0.262 e. The van der Waals surface area contributed by atoms with Crippen molar-refractivity contribution in [2.24, 2.45) is 0 Å². The Morgan fingerprint density at radius 2 is 2.17 bits per heavy atom. The molecule has 8 heteroatoms. The summed E-state index contributed by atoms with van der Waals surface area (Å²) in [5.41, 5.74) is 0. The van der Waals surface area contributed by atoms with Crippen LogP contribution in [0, 0.1) is 6.92 Å². The third-order valence-electron chi connectivity index (χ3n) is 2.07. The highest BCUT2D eigenvalue weighted by atomic mass is 79.9. The van der Waals surface area contributed by atoms with Gasteiger partial charge >= 0.3 is 0 Å². The molecule has 2 rings (SSSR count). The Bertz CT molecular complexity index is 655. The maximum atomic E-state index is 12.0. The van der Waals surface area contributed by atoms with Crippen molar-refractivity contribution in [2.45, 2.75) is 18.4 Å². The minimum Gasteiger partial charge on any atom is -0.262 e. The second-order valence-corrected chi connectivity index (χ2v) is 7.53. The number of pyridine rings is 1. The summed E-state index contributed by atoms with van der Waals surface area (Å²) in [6.45, 7) is 2.11. The molecular weight excluding hydrogens is 338 g/mol. The third kappa shape index (κ3) is 3.35. The van der Waals surface area contributed by atoms with Gasteiger partial charge in [0.1, 0.15) is 9.90 Å². The minimum absolute atomic E-state index is 0.130. The van der Waals surface area contributed by atoms with E-state index < -0.39 is 10.0 Å². The van der Waals surface area contributed by atoms with Crippen LogP contribution in [0.3, 0.4) is 0 Å². The lowest BCUT2D eigenvalue weighted by molar-refractivity contribution is 0.580. The van der Waals surface area contributed by atoms with Crippen molar-refractivity contribution in [1.82, 2.24) is 14.7 Å². The highest BCUT2D eigenvalue weighted by Gasteiger charge is 2.15. The van der Waals surface area contributed by atoms with Gasteiger partial charge in [0.05, 0.1) is 6.54 Å². The lowest BCUT2D eigenvalue weighted by atomic mass is 10.5. The van der Waals surface area contributed by atoms with E-state index in [-0.39, 0.29) is 11.4 Å². The molecular formula is C10H10BrN3O2S2. The summed E-state index contributed by atoms with van der Waals surface area (Å²) in [6.07, 6.45) is 4.55. The summed E-state index contributed by atoms with van der Waals surface area (Å²) < 4.78 is 27.1. The van der Waals surface area contributed by atoms with Gasteiger partial charge in [0.15, 0.2) is 0 Å². The van der Waals surface area contributed by atoms with Gasteiger partial charge < -0.3 is 0 Å². The van der Waals surface area contributed by atoms with Crippen LogP contribution in [-0.4, -0.2) is 18.4 Å². The standard InChI is InChI=1S/C10H10BrN3O2S2/c1-7-3-13-10(17-7)6-14-18(15,16)9-2-8(11)4-12-5-9/h2-5,14H,6H2,1H3. The Balaban J connectivity index is 2.13. The summed E-state index contributed by atoms with van der Waals surface area (Å²) in [7, 11) is -3.55. The summed E-state index contributed by atoms with van der Waals surface area (Å²) in [6, 6.07) is 1.50. The van der Waals surface area contributed by atoms with Gasteiger partial charge in [-0.25, -0.2) is 18.1 Å². The number of nitrogens with zero attached hydrogens (tertiary/aromatic N) is 2. The number of halogens is 1. The summed E-state index contributed by atoms with van der Waals surface area (Å²) in [5.74, 6) is 0. The Morgan fingerprint density at radius 1 is 1.39 bits per heavy atom. The van der Waals surface area contributed by atoms with Gasteiger partial charge in [-0.1, -0.05) is 0 Å². The molecule has 5 nitrogen and oxygen atoms in total. The van der Waals surface area contributed by atoms with Crippen molar-refractivity contribution in [1.29, 1.82) is 0 Å². The molecule has 0 aliphatic heterocycles. The zero-order chi connectivity index (χ0) is 13.2. The molecule has 0 fully saturated rings. The van der Waals surface area contributed by atoms with E-state index in [2.05, 4.69) is 30.6 Å². The molecule has 0 amide bonds. The third-order valence-corrected chi connectivity index (χ3v) is 4.79. The number of nitrogens with one attached hydrogen (secondary N) is 1. The SMILES string of the molecule is Cc1cnc(CNS(=O)(=O)c2cncc(Br)c2)s1. The fourth-order valence-electron chi connectivity index (χ4n) is 1.26. The molecule has 0 aliphatic rings. The van der Waals surface area contributed by atoms with Gasteiger partial charge in [-0.05, 0) is 28.9 Å². The molecule has 0 spiro atoms. The highest BCUT2D eigenvalue weighted by molar-refractivity contribution is 9.10. The second-order valence-electron chi connectivity index (χ2n) is 3.53. The lowest BCUT2D eigenvalue weighted by Crippen LogP contribution is -2.23. The molecule has 0 radical (unpaired) electrons. The maximum absolute atomic E-state index is 12.0. The van der Waals surface area contributed by atoms with Crippen LogP contribution in [0.4, 0.5) is 0 Å². The number of aromatic nitrogens is 2. The molecule has 0 saturated heterocycles. The Morgan fingerprint density at radius 3 is 2.78 bits per heavy atom. The van der Waals surface area contributed by atoms with Gasteiger partial charge in [0, 0.05) is 27.9 Å². The van der Waals surface area contributed by atoms with Gasteiger partial charge in [-0.15, -0.1) is 11.3 Å². The fourth-order valence-corrected chi connectivity index (χ4v) is 3.57. The first kappa shape index (κ1) is 13.6. The smallest absolute Gasteiger partial charge is 0.242 e. The van der Waals surface area contributed by atoms with Crippen molar-refractivity contribution in [3.63, 3.8) is 0 Å². The second kappa shape index (κ2) is 5.43. The zero-order valence-corrected chi connectivity index (χ0v) is 12.6. The molecule has 2 aromatic rings. The quantitative estimate of drug-likeness (QED) is 0.918. The van der Waals surface area contributed by atoms with Gasteiger partial charge in [-0.3, -0.25) is 4.98 Å². The molecule has 0 aliphatic carbocycles. The first-order valence-corrected chi connectivity index (χ1v) is 8.08. The van der Waals surface area contributed by atoms with E-state index >= 15 is 0 Å². The first-order chi connectivity index (χ1) is 8.47. The van der Waals surface area contributed by atoms with Crippen molar-refractivity contribution in [3.8, 4) is 0 Å². The van der Waals surface area contributed by atoms with E-state index in [1.807, 2.05) is 6.92 Å². The van der Waals surface area contributed by atoms with E-state index in [0.29, 0.717) is 4.47 Å². The van der Waals surface area contributed by atoms with Crippen LogP contribution >= 0.6 is 27.3 Å². The van der Waals surface area contributed by atoms with Crippen LogP contribution < -0.4 is 4.72 Å². The maximum Gasteiger partial charge on any atom is 0.242 e. The molecule has 0 bridgehead atoms. The molecule has 0 aromatic carbocycles. The molecule has 96 valence electrons. The molecule has 0 saturated carbocycles. The fraction of sp³-hybridized carbons (Fsp3) is 0.200. The van der Waals surface area contributed by atoms with Crippen LogP contribution in [0.5, 0.6) is 0 Å². The van der Waals surface area contributed by atoms with Gasteiger partial charge in [0.25, 0.3) is 0 Å². The van der Waals surface area contributed by atoms with Gasteiger partial charge in [-0.2, -0.15) is 0 Å². The average Bonchev–Trinajstić information content (AvgIpc) is 2.73. The normalized spacial score (nSPS) is 11.7. The van der Waals surface area contributed by atoms with E-state index in [0.717, 1.165) is 9.88 Å². The topological polar surface area (TPSA) is 72.0 Å². The average molecular weight is 348 g/mol. The van der Waals surface area contributed by atoms with Crippen molar-refractivity contribution in [2.75, 3.05) is 0 Å². The Labute approximate surface area is 117 Å². The highest BCUT2D eigenvalue weighted by Crippen LogP contribution is 2.15. The van der Waals surface area contributed by atoms with Crippen LogP contribution in [0.25, 0.3) is 0 Å². The van der Waals surface area contributed by atoms with Gasteiger partial charge in [0.2, 0.25) is 10.0 Å². The number of hydrogen-bond acceptors (Lipinski definition) is 5. The Hall–Kier alpha value is -0.830. The summed E-state index contributed by atoms with van der Waals surface area (Å²) >= 11 is 4.65. The molecule has 2 heterocycles. The summed E-state index contributed by atoms with van der Waals surface area (Å²) in [5, 5.41) is 0.735. The minimum atomic E-state index is -3.55. The van der Waals surface area contributed by atoms with Crippen molar-refractivity contribution in [3.05, 3.63) is 39.0 Å². The molecule has 18 heavy (non-hydrogen) atoms. The molecule has 1 N–H and O–H groups in total. The van der Waals surface area contributed by atoms with E-state index in [1.165, 1.54) is 29.8 Å². The number of aryl methyl sites for hydroxylation is 1. The number of thiazole rings is 1. The van der Waals surface area contributed by atoms with Crippen LogP contribution in [-0.2, 0) is 16.6 Å². The molecule has 2 aromatic heterocycles. The van der Waals surface area contributed by atoms with E-state index in [1.54, 1.807) is 6.20 Å². The monoisotopic (exact) mass is 347 g/mol. The first-order valence-electron chi connectivity index (χ1n) is 4.99. The van der Waals surface area contributed by atoms with Crippen LogP contribution in [0.2, 0.25) is 0 Å². The Kier molecular flexibility index (Phi) is 4.10. The molecule has 0 unspecified atom stereocenters.